The molecule has 5 rings (SSSR count). The summed E-state index contributed by atoms with van der Waals surface area (Å²) in [6, 6.07) is 11.0. The molecule has 1 atom stereocenters. The molecule has 7 nitrogen and oxygen atoms in total. The first-order valence-corrected chi connectivity index (χ1v) is 9.68. The van der Waals surface area contributed by atoms with Crippen LogP contribution in [0.3, 0.4) is 0 Å². The second-order valence-electron chi connectivity index (χ2n) is 7.39. The smallest absolute Gasteiger partial charge is 0.262 e. The first kappa shape index (κ1) is 17.6. The molecule has 0 bridgehead atoms. The van der Waals surface area contributed by atoms with Crippen molar-refractivity contribution in [3.63, 3.8) is 0 Å². The van der Waals surface area contributed by atoms with E-state index in [0.29, 0.717) is 17.0 Å². The lowest BCUT2D eigenvalue weighted by Crippen LogP contribution is -2.31. The Morgan fingerprint density at radius 2 is 2.14 bits per heavy atom. The van der Waals surface area contributed by atoms with Crippen molar-refractivity contribution >= 4 is 28.4 Å². The molecule has 2 amide bonds. The lowest BCUT2D eigenvalue weighted by molar-refractivity contribution is -0.118. The maximum atomic E-state index is 12.9. The van der Waals surface area contributed by atoms with E-state index in [9.17, 15) is 9.59 Å². The largest absolute Gasteiger partial charge is 0.497 e. The van der Waals surface area contributed by atoms with Gasteiger partial charge in [-0.2, -0.15) is 0 Å². The molecule has 1 aliphatic carbocycles. The molecule has 0 radical (unpaired) electrons. The lowest BCUT2D eigenvalue weighted by Gasteiger charge is -2.24. The highest BCUT2D eigenvalue weighted by molar-refractivity contribution is 6.00. The number of benzene rings is 2. The van der Waals surface area contributed by atoms with Crippen LogP contribution in [0.15, 0.2) is 36.4 Å². The molecule has 2 aromatic carbocycles. The monoisotopic (exact) mass is 391 g/mol. The number of rotatable bonds is 3. The number of nitrogens with one attached hydrogen (secondary N) is 3. The van der Waals surface area contributed by atoms with Gasteiger partial charge in [0, 0.05) is 22.2 Å². The van der Waals surface area contributed by atoms with Crippen LogP contribution in [-0.2, 0) is 11.2 Å². The molecule has 2 heterocycles. The summed E-state index contributed by atoms with van der Waals surface area (Å²) in [5, 5.41) is 7.03. The van der Waals surface area contributed by atoms with Crippen molar-refractivity contribution in [1.29, 1.82) is 0 Å². The highest BCUT2D eigenvalue weighted by atomic mass is 16.5. The minimum absolute atomic E-state index is 0.00539. The summed E-state index contributed by atoms with van der Waals surface area (Å²) in [4.78, 5) is 27.9. The van der Waals surface area contributed by atoms with Crippen LogP contribution in [0.25, 0.3) is 10.9 Å². The zero-order chi connectivity index (χ0) is 20.0. The minimum atomic E-state index is -0.222. The van der Waals surface area contributed by atoms with E-state index >= 15 is 0 Å². The predicted octanol–water partition coefficient (Wildman–Crippen LogP) is 3.31. The quantitative estimate of drug-likeness (QED) is 0.639. The molecule has 29 heavy (non-hydrogen) atoms. The van der Waals surface area contributed by atoms with Crippen molar-refractivity contribution in [3.8, 4) is 11.5 Å². The van der Waals surface area contributed by atoms with Gasteiger partial charge in [-0.05, 0) is 61.2 Å². The molecular formula is C22H21N3O4. The molecular weight excluding hydrogens is 370 g/mol. The highest BCUT2D eigenvalue weighted by Crippen LogP contribution is 2.36. The zero-order valence-electron chi connectivity index (χ0n) is 16.0. The van der Waals surface area contributed by atoms with Gasteiger partial charge in [-0.3, -0.25) is 9.59 Å². The van der Waals surface area contributed by atoms with Gasteiger partial charge in [-0.15, -0.1) is 0 Å². The van der Waals surface area contributed by atoms with Gasteiger partial charge >= 0.3 is 0 Å². The number of anilines is 1. The van der Waals surface area contributed by atoms with Crippen LogP contribution >= 0.6 is 0 Å². The van der Waals surface area contributed by atoms with Crippen LogP contribution in [0.1, 0.15) is 40.5 Å². The summed E-state index contributed by atoms with van der Waals surface area (Å²) in [5.74, 6) is 0.997. The number of amides is 2. The van der Waals surface area contributed by atoms with Gasteiger partial charge < -0.3 is 25.1 Å². The summed E-state index contributed by atoms with van der Waals surface area (Å²) >= 11 is 0. The zero-order valence-corrected chi connectivity index (χ0v) is 16.0. The van der Waals surface area contributed by atoms with E-state index in [2.05, 4.69) is 15.6 Å². The fraction of sp³-hybridized carbons (Fsp3) is 0.273. The lowest BCUT2D eigenvalue weighted by atomic mass is 9.91. The maximum absolute atomic E-state index is 12.9. The molecule has 148 valence electrons. The number of ether oxygens (including phenoxy) is 2. The second-order valence-corrected chi connectivity index (χ2v) is 7.39. The van der Waals surface area contributed by atoms with E-state index in [1.165, 1.54) is 5.56 Å². The van der Waals surface area contributed by atoms with Gasteiger partial charge in [0.05, 0.1) is 18.8 Å². The average molecular weight is 391 g/mol. The molecule has 1 unspecified atom stereocenters. The maximum Gasteiger partial charge on any atom is 0.262 e. The Bertz CT molecular complexity index is 1130. The fourth-order valence-electron chi connectivity index (χ4n) is 4.18. The third-order valence-corrected chi connectivity index (χ3v) is 5.59. The molecule has 3 N–H and O–H groups in total. The Kier molecular flexibility index (Phi) is 4.16. The van der Waals surface area contributed by atoms with E-state index in [0.717, 1.165) is 41.6 Å². The third-order valence-electron chi connectivity index (χ3n) is 5.59. The van der Waals surface area contributed by atoms with E-state index < -0.39 is 0 Å². The number of methoxy groups -OCH3 is 1. The van der Waals surface area contributed by atoms with Crippen molar-refractivity contribution < 1.29 is 19.1 Å². The predicted molar refractivity (Wildman–Crippen MR) is 109 cm³/mol. The molecule has 0 fully saturated rings. The topological polar surface area (TPSA) is 92.5 Å². The Morgan fingerprint density at radius 1 is 1.24 bits per heavy atom. The van der Waals surface area contributed by atoms with Crippen molar-refractivity contribution in [3.05, 3.63) is 53.2 Å². The third kappa shape index (κ3) is 3.08. The highest BCUT2D eigenvalue weighted by Gasteiger charge is 2.27. The first-order chi connectivity index (χ1) is 14.1. The Hall–Kier alpha value is -3.48. The average Bonchev–Trinajstić information content (AvgIpc) is 3.12. The summed E-state index contributed by atoms with van der Waals surface area (Å²) in [6.45, 7) is -0.00539. The van der Waals surface area contributed by atoms with Gasteiger partial charge in [-0.25, -0.2) is 0 Å². The van der Waals surface area contributed by atoms with E-state index in [1.54, 1.807) is 25.3 Å². The number of carbonyl (C=O) groups is 2. The number of hydrogen-bond donors (Lipinski definition) is 3. The normalized spacial score (nSPS) is 17.7. The van der Waals surface area contributed by atoms with Crippen molar-refractivity contribution in [1.82, 2.24) is 10.3 Å². The van der Waals surface area contributed by atoms with Crippen molar-refractivity contribution in [2.45, 2.75) is 25.3 Å². The SMILES string of the molecule is COc1ccc2[nH]c3c(c2c1)CCCC3NC(=O)c1ccc2c(c1)NC(=O)CO2. The van der Waals surface area contributed by atoms with Crippen molar-refractivity contribution in [2.75, 3.05) is 19.0 Å². The van der Waals surface area contributed by atoms with Crippen LogP contribution in [0, 0.1) is 0 Å². The molecule has 0 spiro atoms. The molecule has 1 aliphatic heterocycles. The second kappa shape index (κ2) is 6.84. The number of fused-ring (bicyclic) bond motifs is 4. The van der Waals surface area contributed by atoms with Gasteiger partial charge in [0.2, 0.25) is 0 Å². The minimum Gasteiger partial charge on any atom is -0.497 e. The molecule has 0 saturated heterocycles. The number of H-pyrrole nitrogens is 1. The van der Waals surface area contributed by atoms with Crippen LogP contribution in [0.4, 0.5) is 5.69 Å². The molecule has 0 saturated carbocycles. The number of carbonyl (C=O) groups excluding carboxylic acids is 2. The molecule has 1 aromatic heterocycles. The molecule has 3 aromatic rings. The first-order valence-electron chi connectivity index (χ1n) is 9.68. The van der Waals surface area contributed by atoms with E-state index in [4.69, 9.17) is 9.47 Å². The summed E-state index contributed by atoms with van der Waals surface area (Å²) in [7, 11) is 1.66. The Labute approximate surface area is 167 Å². The van der Waals surface area contributed by atoms with Gasteiger partial charge in [0.1, 0.15) is 11.5 Å². The molecule has 7 heteroatoms. The Morgan fingerprint density at radius 3 is 3.00 bits per heavy atom. The van der Waals surface area contributed by atoms with Crippen LogP contribution < -0.4 is 20.1 Å². The van der Waals surface area contributed by atoms with Crippen LogP contribution in [0.2, 0.25) is 0 Å². The van der Waals surface area contributed by atoms with Crippen molar-refractivity contribution in [2.24, 2.45) is 0 Å². The molecule has 2 aliphatic rings. The van der Waals surface area contributed by atoms with Gasteiger partial charge in [0.25, 0.3) is 11.8 Å². The number of aromatic nitrogens is 1. The number of aryl methyl sites for hydroxylation is 1. The van der Waals surface area contributed by atoms with Gasteiger partial charge in [0.15, 0.2) is 6.61 Å². The standard InChI is InChI=1S/C22H21N3O4/c1-28-13-6-7-16-15(10-13)14-3-2-4-17(21(14)24-16)25-22(27)12-5-8-19-18(9-12)23-20(26)11-29-19/h5-10,17,24H,2-4,11H2,1H3,(H,23,26)(H,25,27). The number of aromatic amines is 1. The Balaban J connectivity index is 1.43. The fourth-order valence-corrected chi connectivity index (χ4v) is 4.18. The van der Waals surface area contributed by atoms with Crippen LogP contribution in [0.5, 0.6) is 11.5 Å². The summed E-state index contributed by atoms with van der Waals surface area (Å²) in [5.41, 5.74) is 4.35. The van der Waals surface area contributed by atoms with E-state index in [-0.39, 0.29) is 24.5 Å². The number of hydrogen-bond acceptors (Lipinski definition) is 4. The summed E-state index contributed by atoms with van der Waals surface area (Å²) < 4.78 is 10.7. The van der Waals surface area contributed by atoms with E-state index in [1.807, 2.05) is 18.2 Å². The summed E-state index contributed by atoms with van der Waals surface area (Å²) in [6.07, 6.45) is 2.83. The van der Waals surface area contributed by atoms with Crippen LogP contribution in [-0.4, -0.2) is 30.5 Å². The van der Waals surface area contributed by atoms with Gasteiger partial charge in [-0.1, -0.05) is 0 Å².